The predicted octanol–water partition coefficient (Wildman–Crippen LogP) is 4.41. The number of furan rings is 1. The second-order valence-electron chi connectivity index (χ2n) is 6.30. The first-order valence-electron chi connectivity index (χ1n) is 7.69. The van der Waals surface area contributed by atoms with Gasteiger partial charge in [-0.1, -0.05) is 20.8 Å². The summed E-state index contributed by atoms with van der Waals surface area (Å²) in [6.07, 6.45) is 2.97. The first kappa shape index (κ1) is 18.1. The van der Waals surface area contributed by atoms with Gasteiger partial charge in [0, 0.05) is 5.41 Å². The van der Waals surface area contributed by atoms with Crippen LogP contribution in [0.2, 0.25) is 0 Å². The molecule has 2 rings (SSSR count). The van der Waals surface area contributed by atoms with E-state index in [4.69, 9.17) is 9.15 Å². The second kappa shape index (κ2) is 7.13. The highest BCUT2D eigenvalue weighted by atomic mass is 32.1. The molecule has 0 radical (unpaired) electrons. The van der Waals surface area contributed by atoms with E-state index in [1.165, 1.54) is 23.5 Å². The molecule has 6 heteroatoms. The normalized spacial score (nSPS) is 11.9. The Bertz CT molecular complexity index is 777. The fourth-order valence-corrected chi connectivity index (χ4v) is 2.98. The van der Waals surface area contributed by atoms with Crippen LogP contribution in [0, 0.1) is 6.92 Å². The lowest BCUT2D eigenvalue weighted by molar-refractivity contribution is 0.0489. The van der Waals surface area contributed by atoms with Crippen molar-refractivity contribution in [1.29, 1.82) is 0 Å². The highest BCUT2D eigenvalue weighted by Gasteiger charge is 2.22. The Balaban J connectivity index is 2.14. The number of aryl methyl sites for hydroxylation is 1. The van der Waals surface area contributed by atoms with Gasteiger partial charge in [0.2, 0.25) is 5.76 Å². The van der Waals surface area contributed by atoms with Gasteiger partial charge in [-0.15, -0.1) is 11.3 Å². The number of esters is 1. The minimum atomic E-state index is -0.517. The zero-order valence-electron chi connectivity index (χ0n) is 14.5. The van der Waals surface area contributed by atoms with Gasteiger partial charge in [-0.05, 0) is 38.1 Å². The van der Waals surface area contributed by atoms with Crippen molar-refractivity contribution in [3.05, 3.63) is 45.3 Å². The third-order valence-corrected chi connectivity index (χ3v) is 4.76. The number of allylic oxidation sites excluding steroid dienone is 1. The molecule has 5 nitrogen and oxygen atoms in total. The highest BCUT2D eigenvalue weighted by molar-refractivity contribution is 7.14. The molecule has 2 heterocycles. The zero-order chi connectivity index (χ0) is 17.9. The SMILES string of the molecule is CCOC(=O)c1ccc(C=CC(=O)c2sc(C(C)(C)C)nc2C)o1. The number of thiazole rings is 1. The van der Waals surface area contributed by atoms with E-state index in [0.717, 1.165) is 10.7 Å². The maximum atomic E-state index is 12.4. The number of rotatable bonds is 5. The minimum absolute atomic E-state index is 0.0901. The standard InChI is InChI=1S/C18H21NO4S/c1-6-22-16(21)14-10-8-12(23-14)7-9-13(20)15-11(2)19-17(24-15)18(3,4)5/h7-10H,6H2,1-5H3. The predicted molar refractivity (Wildman–Crippen MR) is 93.6 cm³/mol. The van der Waals surface area contributed by atoms with Gasteiger partial charge in [-0.3, -0.25) is 4.79 Å². The fraction of sp³-hybridized carbons (Fsp3) is 0.389. The number of hydrogen-bond acceptors (Lipinski definition) is 6. The van der Waals surface area contributed by atoms with E-state index in [9.17, 15) is 9.59 Å². The molecule has 0 spiro atoms. The Kier molecular flexibility index (Phi) is 5.39. The molecule has 128 valence electrons. The number of hydrogen-bond donors (Lipinski definition) is 0. The van der Waals surface area contributed by atoms with Gasteiger partial charge in [0.25, 0.3) is 0 Å². The third kappa shape index (κ3) is 4.20. The molecule has 0 aliphatic heterocycles. The molecular formula is C18H21NO4S. The van der Waals surface area contributed by atoms with Crippen LogP contribution in [0.5, 0.6) is 0 Å². The van der Waals surface area contributed by atoms with Gasteiger partial charge >= 0.3 is 5.97 Å². The van der Waals surface area contributed by atoms with Crippen molar-refractivity contribution in [3.63, 3.8) is 0 Å². The Hall–Kier alpha value is -2.21. The summed E-state index contributed by atoms with van der Waals surface area (Å²) in [7, 11) is 0. The van der Waals surface area contributed by atoms with Crippen LogP contribution >= 0.6 is 11.3 Å². The smallest absolute Gasteiger partial charge is 0.374 e. The molecule has 0 atom stereocenters. The number of nitrogens with zero attached hydrogens (tertiary/aromatic N) is 1. The van der Waals surface area contributed by atoms with Gasteiger partial charge in [-0.25, -0.2) is 9.78 Å². The van der Waals surface area contributed by atoms with Crippen molar-refractivity contribution < 1.29 is 18.7 Å². The quantitative estimate of drug-likeness (QED) is 0.455. The van der Waals surface area contributed by atoms with E-state index >= 15 is 0 Å². The first-order chi connectivity index (χ1) is 11.2. The number of ketones is 1. The van der Waals surface area contributed by atoms with Gasteiger partial charge in [0.15, 0.2) is 5.78 Å². The van der Waals surface area contributed by atoms with Crippen LogP contribution in [0.3, 0.4) is 0 Å². The van der Waals surface area contributed by atoms with Crippen molar-refractivity contribution in [2.24, 2.45) is 0 Å². The van der Waals surface area contributed by atoms with Crippen LogP contribution in [0.4, 0.5) is 0 Å². The molecule has 0 unspecified atom stereocenters. The minimum Gasteiger partial charge on any atom is -0.460 e. The fourth-order valence-electron chi connectivity index (χ4n) is 1.93. The van der Waals surface area contributed by atoms with Gasteiger partial charge in [0.05, 0.1) is 22.2 Å². The molecule has 2 aromatic rings. The van der Waals surface area contributed by atoms with E-state index in [0.29, 0.717) is 10.6 Å². The van der Waals surface area contributed by atoms with Crippen LogP contribution in [0.15, 0.2) is 22.6 Å². The van der Waals surface area contributed by atoms with Crippen LogP contribution < -0.4 is 0 Å². The Labute approximate surface area is 145 Å². The summed E-state index contributed by atoms with van der Waals surface area (Å²) in [5.41, 5.74) is 0.638. The third-order valence-electron chi connectivity index (χ3n) is 3.16. The Morgan fingerprint density at radius 3 is 2.62 bits per heavy atom. The molecule has 0 saturated carbocycles. The maximum absolute atomic E-state index is 12.4. The van der Waals surface area contributed by atoms with E-state index in [1.54, 1.807) is 19.1 Å². The van der Waals surface area contributed by atoms with E-state index in [2.05, 4.69) is 25.8 Å². The van der Waals surface area contributed by atoms with Crippen LogP contribution in [-0.4, -0.2) is 23.3 Å². The van der Waals surface area contributed by atoms with Crippen LogP contribution in [-0.2, 0) is 10.2 Å². The number of carbonyl (C=O) groups is 2. The lowest BCUT2D eigenvalue weighted by Gasteiger charge is -2.13. The average molecular weight is 347 g/mol. The van der Waals surface area contributed by atoms with E-state index < -0.39 is 5.97 Å². The molecule has 2 aromatic heterocycles. The lowest BCUT2D eigenvalue weighted by atomic mass is 9.98. The summed E-state index contributed by atoms with van der Waals surface area (Å²) in [5.74, 6) is -0.108. The van der Waals surface area contributed by atoms with Crippen molar-refractivity contribution in [3.8, 4) is 0 Å². The monoisotopic (exact) mass is 347 g/mol. The topological polar surface area (TPSA) is 69.4 Å². The van der Waals surface area contributed by atoms with Crippen molar-refractivity contribution in [1.82, 2.24) is 4.98 Å². The molecule has 24 heavy (non-hydrogen) atoms. The van der Waals surface area contributed by atoms with Gasteiger partial charge in [-0.2, -0.15) is 0 Å². The molecule has 0 N–H and O–H groups in total. The maximum Gasteiger partial charge on any atom is 0.374 e. The number of ether oxygens (including phenoxy) is 1. The lowest BCUT2D eigenvalue weighted by Crippen LogP contribution is -2.10. The molecule has 0 aliphatic rings. The Morgan fingerprint density at radius 1 is 1.33 bits per heavy atom. The highest BCUT2D eigenvalue weighted by Crippen LogP contribution is 2.29. The Morgan fingerprint density at radius 2 is 2.04 bits per heavy atom. The van der Waals surface area contributed by atoms with E-state index in [-0.39, 0.29) is 23.6 Å². The van der Waals surface area contributed by atoms with Crippen molar-refractivity contribution >= 4 is 29.2 Å². The second-order valence-corrected chi connectivity index (χ2v) is 7.30. The number of aromatic nitrogens is 1. The van der Waals surface area contributed by atoms with Gasteiger partial charge < -0.3 is 9.15 Å². The molecule has 0 saturated heterocycles. The molecule has 0 aromatic carbocycles. The van der Waals surface area contributed by atoms with E-state index in [1.807, 2.05) is 6.92 Å². The summed E-state index contributed by atoms with van der Waals surface area (Å²) in [6, 6.07) is 3.15. The zero-order valence-corrected chi connectivity index (χ0v) is 15.3. The summed E-state index contributed by atoms with van der Waals surface area (Å²) in [6.45, 7) is 10.0. The summed E-state index contributed by atoms with van der Waals surface area (Å²) in [5, 5.41) is 0.930. The van der Waals surface area contributed by atoms with Gasteiger partial charge in [0.1, 0.15) is 5.76 Å². The summed E-state index contributed by atoms with van der Waals surface area (Å²) < 4.78 is 10.2. The summed E-state index contributed by atoms with van der Waals surface area (Å²) in [4.78, 5) is 29.0. The molecule has 0 fully saturated rings. The summed E-state index contributed by atoms with van der Waals surface area (Å²) >= 11 is 1.41. The molecule has 0 bridgehead atoms. The average Bonchev–Trinajstić information content (AvgIpc) is 3.11. The molecule has 0 aliphatic carbocycles. The largest absolute Gasteiger partial charge is 0.460 e. The molecule has 0 amide bonds. The van der Waals surface area contributed by atoms with Crippen LogP contribution in [0.25, 0.3) is 6.08 Å². The van der Waals surface area contributed by atoms with Crippen LogP contribution in [0.1, 0.15) is 64.4 Å². The first-order valence-corrected chi connectivity index (χ1v) is 8.51. The molecular weight excluding hydrogens is 326 g/mol. The van der Waals surface area contributed by atoms with Crippen molar-refractivity contribution in [2.45, 2.75) is 40.0 Å². The van der Waals surface area contributed by atoms with Crippen molar-refractivity contribution in [2.75, 3.05) is 6.61 Å². The number of carbonyl (C=O) groups excluding carboxylic acids is 2.